The van der Waals surface area contributed by atoms with Crippen LogP contribution in [-0.2, 0) is 0 Å². The molecule has 0 bridgehead atoms. The number of rotatable bonds is 2. The molecule has 84 valence electrons. The monoisotopic (exact) mass is 196 g/mol. The summed E-state index contributed by atoms with van der Waals surface area (Å²) in [7, 11) is 0. The Bertz CT molecular complexity index is 155. The Balaban J connectivity index is 0.000000461. The van der Waals surface area contributed by atoms with Gasteiger partial charge >= 0.3 is 0 Å². The SMILES string of the molecule is CC.CCC1CC2(C1)CC(C(C)C)C2. The minimum atomic E-state index is 0.871. The van der Waals surface area contributed by atoms with E-state index in [1.807, 2.05) is 13.8 Å². The van der Waals surface area contributed by atoms with Gasteiger partial charge < -0.3 is 0 Å². The average molecular weight is 196 g/mol. The van der Waals surface area contributed by atoms with Gasteiger partial charge in [-0.3, -0.25) is 0 Å². The Labute approximate surface area is 90.5 Å². The summed E-state index contributed by atoms with van der Waals surface area (Å²) in [6, 6.07) is 0. The number of hydrogen-bond donors (Lipinski definition) is 0. The van der Waals surface area contributed by atoms with Crippen molar-refractivity contribution in [1.82, 2.24) is 0 Å². The van der Waals surface area contributed by atoms with Crippen molar-refractivity contribution in [3.05, 3.63) is 0 Å². The molecule has 0 unspecified atom stereocenters. The van der Waals surface area contributed by atoms with Crippen LogP contribution in [0.4, 0.5) is 0 Å². The quantitative estimate of drug-likeness (QED) is 0.590. The first-order valence-electron chi connectivity index (χ1n) is 6.65. The summed E-state index contributed by atoms with van der Waals surface area (Å²) in [5.74, 6) is 3.11. The van der Waals surface area contributed by atoms with Crippen LogP contribution in [0.1, 0.15) is 66.7 Å². The van der Waals surface area contributed by atoms with Gasteiger partial charge in [0.2, 0.25) is 0 Å². The molecule has 0 aromatic carbocycles. The third-order valence-corrected chi connectivity index (χ3v) is 4.35. The van der Waals surface area contributed by atoms with E-state index in [2.05, 4.69) is 20.8 Å². The molecule has 2 aliphatic rings. The Morgan fingerprint density at radius 2 is 1.57 bits per heavy atom. The molecule has 0 radical (unpaired) electrons. The van der Waals surface area contributed by atoms with Gasteiger partial charge in [0.05, 0.1) is 0 Å². The number of hydrogen-bond acceptors (Lipinski definition) is 0. The molecular weight excluding hydrogens is 168 g/mol. The maximum atomic E-state index is 2.38. The minimum Gasteiger partial charge on any atom is -0.0683 e. The second kappa shape index (κ2) is 4.68. The summed E-state index contributed by atoms with van der Waals surface area (Å²) in [6.45, 7) is 11.1. The van der Waals surface area contributed by atoms with Crippen LogP contribution >= 0.6 is 0 Å². The molecule has 2 fully saturated rings. The zero-order chi connectivity index (χ0) is 10.8. The Kier molecular flexibility index (Phi) is 4.04. The molecule has 0 N–H and O–H groups in total. The minimum absolute atomic E-state index is 0.871. The van der Waals surface area contributed by atoms with Gasteiger partial charge in [0.15, 0.2) is 0 Å². The molecule has 0 saturated heterocycles. The van der Waals surface area contributed by atoms with Crippen LogP contribution in [-0.4, -0.2) is 0 Å². The van der Waals surface area contributed by atoms with Gasteiger partial charge in [-0.1, -0.05) is 41.0 Å². The molecule has 0 amide bonds. The molecule has 0 aromatic heterocycles. The van der Waals surface area contributed by atoms with Gasteiger partial charge in [0.1, 0.15) is 0 Å². The maximum absolute atomic E-state index is 2.38. The van der Waals surface area contributed by atoms with Crippen LogP contribution in [0.15, 0.2) is 0 Å². The van der Waals surface area contributed by atoms with Crippen molar-refractivity contribution in [1.29, 1.82) is 0 Å². The van der Waals surface area contributed by atoms with Gasteiger partial charge in [-0.15, -0.1) is 0 Å². The summed E-state index contributed by atoms with van der Waals surface area (Å²) in [5.41, 5.74) is 0.871. The second-order valence-corrected chi connectivity index (χ2v) is 5.59. The molecule has 0 atom stereocenters. The highest BCUT2D eigenvalue weighted by molar-refractivity contribution is 5.02. The van der Waals surface area contributed by atoms with E-state index in [9.17, 15) is 0 Å². The third kappa shape index (κ3) is 2.15. The normalized spacial score (nSPS) is 39.9. The van der Waals surface area contributed by atoms with Crippen molar-refractivity contribution in [2.75, 3.05) is 0 Å². The summed E-state index contributed by atoms with van der Waals surface area (Å²) < 4.78 is 0. The van der Waals surface area contributed by atoms with Crippen molar-refractivity contribution in [3.63, 3.8) is 0 Å². The van der Waals surface area contributed by atoms with Gasteiger partial charge in [-0.05, 0) is 48.9 Å². The van der Waals surface area contributed by atoms with E-state index >= 15 is 0 Å². The lowest BCUT2D eigenvalue weighted by Crippen LogP contribution is -2.48. The lowest BCUT2D eigenvalue weighted by Gasteiger charge is -2.59. The molecule has 1 spiro atoms. The molecule has 2 rings (SSSR count). The molecule has 0 heterocycles. The van der Waals surface area contributed by atoms with Crippen molar-refractivity contribution in [2.45, 2.75) is 66.7 Å². The van der Waals surface area contributed by atoms with Gasteiger partial charge in [-0.2, -0.15) is 0 Å². The molecule has 2 aliphatic carbocycles. The van der Waals surface area contributed by atoms with Crippen LogP contribution < -0.4 is 0 Å². The van der Waals surface area contributed by atoms with E-state index in [1.54, 1.807) is 25.7 Å². The lowest BCUT2D eigenvalue weighted by atomic mass is 9.46. The fourth-order valence-electron chi connectivity index (χ4n) is 3.31. The van der Waals surface area contributed by atoms with Crippen molar-refractivity contribution < 1.29 is 0 Å². The molecule has 0 aliphatic heterocycles. The van der Waals surface area contributed by atoms with E-state index < -0.39 is 0 Å². The van der Waals surface area contributed by atoms with E-state index in [1.165, 1.54) is 6.42 Å². The highest BCUT2D eigenvalue weighted by Crippen LogP contribution is 2.63. The van der Waals surface area contributed by atoms with Crippen LogP contribution in [0, 0.1) is 23.2 Å². The molecule has 2 saturated carbocycles. The fraction of sp³-hybridized carbons (Fsp3) is 1.00. The summed E-state index contributed by atoms with van der Waals surface area (Å²) >= 11 is 0. The van der Waals surface area contributed by atoms with Crippen LogP contribution in [0.5, 0.6) is 0 Å². The molecule has 0 nitrogen and oxygen atoms in total. The Hall–Kier alpha value is 0. The standard InChI is InChI=1S/C12H22.C2H6/c1-4-10-5-12(6-10)7-11(8-12)9(2)3;1-2/h9-11H,4-8H2,1-3H3;1-2H3. The first-order chi connectivity index (χ1) is 6.65. The first-order valence-corrected chi connectivity index (χ1v) is 6.65. The van der Waals surface area contributed by atoms with Gasteiger partial charge in [0.25, 0.3) is 0 Å². The van der Waals surface area contributed by atoms with E-state index in [0.29, 0.717) is 0 Å². The van der Waals surface area contributed by atoms with Crippen molar-refractivity contribution in [3.8, 4) is 0 Å². The fourth-order valence-corrected chi connectivity index (χ4v) is 3.31. The topological polar surface area (TPSA) is 0 Å². The summed E-state index contributed by atoms with van der Waals surface area (Å²) in [4.78, 5) is 0. The van der Waals surface area contributed by atoms with Gasteiger partial charge in [0, 0.05) is 0 Å². The molecule has 0 heteroatoms. The smallest absolute Gasteiger partial charge is 0.0287 e. The lowest BCUT2D eigenvalue weighted by molar-refractivity contribution is -0.0833. The van der Waals surface area contributed by atoms with E-state index in [0.717, 1.165) is 23.2 Å². The van der Waals surface area contributed by atoms with Crippen LogP contribution in [0.25, 0.3) is 0 Å². The summed E-state index contributed by atoms with van der Waals surface area (Å²) in [6.07, 6.45) is 7.66. The Morgan fingerprint density at radius 3 is 1.93 bits per heavy atom. The second-order valence-electron chi connectivity index (χ2n) is 5.59. The van der Waals surface area contributed by atoms with Gasteiger partial charge in [-0.25, -0.2) is 0 Å². The maximum Gasteiger partial charge on any atom is -0.0287 e. The largest absolute Gasteiger partial charge is 0.0683 e. The zero-order valence-corrected chi connectivity index (χ0v) is 10.8. The van der Waals surface area contributed by atoms with E-state index in [4.69, 9.17) is 0 Å². The summed E-state index contributed by atoms with van der Waals surface area (Å²) in [5, 5.41) is 0. The van der Waals surface area contributed by atoms with Crippen LogP contribution in [0.2, 0.25) is 0 Å². The zero-order valence-electron chi connectivity index (χ0n) is 10.8. The molecule has 0 aromatic rings. The predicted molar refractivity (Wildman–Crippen MR) is 64.4 cm³/mol. The molecular formula is C14H28. The van der Waals surface area contributed by atoms with E-state index in [-0.39, 0.29) is 0 Å². The van der Waals surface area contributed by atoms with Crippen molar-refractivity contribution >= 4 is 0 Å². The highest BCUT2D eigenvalue weighted by atomic mass is 14.6. The predicted octanol–water partition coefficient (Wildman–Crippen LogP) is 4.89. The highest BCUT2D eigenvalue weighted by Gasteiger charge is 2.52. The average Bonchev–Trinajstić information content (AvgIpc) is 2.03. The first kappa shape index (κ1) is 12.1. The van der Waals surface area contributed by atoms with Crippen LogP contribution in [0.3, 0.4) is 0 Å². The Morgan fingerprint density at radius 1 is 1.07 bits per heavy atom. The van der Waals surface area contributed by atoms with Crippen molar-refractivity contribution in [2.24, 2.45) is 23.2 Å². The molecule has 14 heavy (non-hydrogen) atoms. The third-order valence-electron chi connectivity index (χ3n) is 4.35.